The maximum absolute atomic E-state index is 10.1. The molecule has 12 rings (SSSR count). The zero-order valence-corrected chi connectivity index (χ0v) is 32.5. The fourth-order valence-corrected chi connectivity index (χ4v) is 10.5. The predicted molar refractivity (Wildman–Crippen MR) is 246 cm³/mol. The van der Waals surface area contributed by atoms with Crippen LogP contribution in [0.5, 0.6) is 0 Å². The number of hydrogen-bond donors (Lipinski definition) is 0. The van der Waals surface area contributed by atoms with E-state index in [1.807, 2.05) is 60.7 Å². The van der Waals surface area contributed by atoms with Crippen molar-refractivity contribution in [3.05, 3.63) is 246 Å². The average molecular weight is 760 g/mol. The maximum atomic E-state index is 10.1. The van der Waals surface area contributed by atoms with Gasteiger partial charge in [0.15, 0.2) is 0 Å². The van der Waals surface area contributed by atoms with Gasteiger partial charge in [-0.15, -0.1) is 0 Å². The van der Waals surface area contributed by atoms with Crippen LogP contribution in [0.25, 0.3) is 55.6 Å². The highest BCUT2D eigenvalue weighted by Gasteiger charge is 2.51. The smallest absolute Gasteiger partial charge is 0.0726 e. The summed E-state index contributed by atoms with van der Waals surface area (Å²) < 4.78 is 77.1. The SMILES string of the molecule is [2H]c1c([2H])c([2H])c(N(c2ccc3c(c2)C2(c4ccccc4-c4ccccc42)c2ccccc2-3)c2c([2H])c([2H])c(-c3cccc4c3C(C)(C)c3ccccc3-4)c([2H])c2[2H])c(-c2ccccc2)c1[2H]. The maximum Gasteiger partial charge on any atom is 0.0726 e. The monoisotopic (exact) mass is 759 g/mol. The minimum atomic E-state index is -0.782. The van der Waals surface area contributed by atoms with E-state index in [9.17, 15) is 8.22 Å². The van der Waals surface area contributed by atoms with Crippen LogP contribution in [0.2, 0.25) is 0 Å². The molecule has 0 radical (unpaired) electrons. The van der Waals surface area contributed by atoms with Crippen molar-refractivity contribution in [1.29, 1.82) is 0 Å². The third kappa shape index (κ3) is 4.67. The number of fused-ring (bicyclic) bond motifs is 13. The van der Waals surface area contributed by atoms with Crippen molar-refractivity contribution in [2.75, 3.05) is 4.90 Å². The predicted octanol–water partition coefficient (Wildman–Crippen LogP) is 15.1. The van der Waals surface area contributed by atoms with Crippen molar-refractivity contribution in [3.8, 4) is 55.6 Å². The lowest BCUT2D eigenvalue weighted by Gasteiger charge is -2.33. The van der Waals surface area contributed by atoms with Crippen LogP contribution >= 0.6 is 0 Å². The van der Waals surface area contributed by atoms with Crippen LogP contribution in [0.3, 0.4) is 0 Å². The average Bonchev–Trinajstić information content (AvgIpc) is 3.92. The molecule has 9 aromatic rings. The fraction of sp³-hybridized carbons (Fsp3) is 0.0690. The van der Waals surface area contributed by atoms with Gasteiger partial charge in [-0.25, -0.2) is 0 Å². The number of para-hydroxylation sites is 1. The van der Waals surface area contributed by atoms with Crippen molar-refractivity contribution in [1.82, 2.24) is 0 Å². The third-order valence-corrected chi connectivity index (χ3v) is 12.9. The number of rotatable bonds is 5. The molecule has 0 bridgehead atoms. The Bertz CT molecular complexity index is 3520. The first kappa shape index (κ1) is 26.7. The van der Waals surface area contributed by atoms with Gasteiger partial charge in [0.1, 0.15) is 0 Å². The molecule has 0 saturated carbocycles. The molecular weight excluding hydrogens is 711 g/mol. The number of nitrogens with zero attached hydrogens (tertiary/aromatic N) is 1. The molecule has 0 heterocycles. The number of anilines is 3. The molecule has 0 amide bonds. The van der Waals surface area contributed by atoms with Gasteiger partial charge in [-0.1, -0.05) is 196 Å². The zero-order chi connectivity index (χ0) is 46.3. The molecular formula is C58H41N. The lowest BCUT2D eigenvalue weighted by Crippen LogP contribution is -2.26. The van der Waals surface area contributed by atoms with Crippen LogP contribution in [0, 0.1) is 0 Å². The van der Waals surface area contributed by atoms with E-state index in [-0.39, 0.29) is 58.8 Å². The summed E-state index contributed by atoms with van der Waals surface area (Å²) in [5.41, 5.74) is 13.1. The Morgan fingerprint density at radius 3 is 1.53 bits per heavy atom. The molecule has 278 valence electrons. The Hall–Kier alpha value is -7.22. The summed E-state index contributed by atoms with van der Waals surface area (Å²) in [4.78, 5) is 1.56. The Kier molecular flexibility index (Phi) is 5.71. The van der Waals surface area contributed by atoms with E-state index in [0.29, 0.717) is 16.8 Å². The molecule has 0 aliphatic heterocycles. The highest BCUT2D eigenvalue weighted by molar-refractivity contribution is 5.97. The molecule has 0 saturated heterocycles. The molecule has 59 heavy (non-hydrogen) atoms. The summed E-state index contributed by atoms with van der Waals surface area (Å²) in [7, 11) is 0. The van der Waals surface area contributed by atoms with Gasteiger partial charge >= 0.3 is 0 Å². The summed E-state index contributed by atoms with van der Waals surface area (Å²) in [5.74, 6) is 0. The summed E-state index contributed by atoms with van der Waals surface area (Å²) in [6.07, 6.45) is 0. The van der Waals surface area contributed by atoms with Crippen molar-refractivity contribution < 1.29 is 11.0 Å². The van der Waals surface area contributed by atoms with Gasteiger partial charge in [-0.05, 0) is 114 Å². The quantitative estimate of drug-likeness (QED) is 0.169. The van der Waals surface area contributed by atoms with E-state index in [0.717, 1.165) is 66.8 Å². The molecule has 0 atom stereocenters. The van der Waals surface area contributed by atoms with Gasteiger partial charge in [0.05, 0.1) is 22.1 Å². The molecule has 3 aliphatic rings. The zero-order valence-electron chi connectivity index (χ0n) is 40.5. The second-order valence-corrected chi connectivity index (χ2v) is 16.2. The number of hydrogen-bond acceptors (Lipinski definition) is 1. The first-order valence-electron chi connectivity index (χ1n) is 24.1. The lowest BCUT2D eigenvalue weighted by atomic mass is 9.70. The molecule has 1 spiro atoms. The second kappa shape index (κ2) is 12.6. The van der Waals surface area contributed by atoms with E-state index in [1.54, 1.807) is 29.2 Å². The minimum Gasteiger partial charge on any atom is -0.310 e. The van der Waals surface area contributed by atoms with Crippen molar-refractivity contribution in [3.63, 3.8) is 0 Å². The molecule has 0 N–H and O–H groups in total. The number of benzene rings is 9. The van der Waals surface area contributed by atoms with E-state index >= 15 is 0 Å². The lowest BCUT2D eigenvalue weighted by molar-refractivity contribution is 0.662. The summed E-state index contributed by atoms with van der Waals surface area (Å²) >= 11 is 0. The molecule has 0 unspecified atom stereocenters. The minimum absolute atomic E-state index is 0.0136. The van der Waals surface area contributed by atoms with Gasteiger partial charge in [-0.3, -0.25) is 0 Å². The van der Waals surface area contributed by atoms with Crippen LogP contribution < -0.4 is 4.90 Å². The van der Waals surface area contributed by atoms with Gasteiger partial charge in [0, 0.05) is 22.4 Å². The largest absolute Gasteiger partial charge is 0.310 e. The van der Waals surface area contributed by atoms with E-state index in [1.165, 1.54) is 0 Å². The van der Waals surface area contributed by atoms with Crippen LogP contribution in [-0.2, 0) is 10.8 Å². The third-order valence-electron chi connectivity index (χ3n) is 12.9. The molecule has 1 heteroatoms. The summed E-state index contributed by atoms with van der Waals surface area (Å²) in [6.45, 7) is 4.25. The fourth-order valence-electron chi connectivity index (χ4n) is 10.5. The van der Waals surface area contributed by atoms with Crippen LogP contribution in [-0.4, -0.2) is 0 Å². The van der Waals surface area contributed by atoms with Crippen molar-refractivity contribution in [2.24, 2.45) is 0 Å². The topological polar surface area (TPSA) is 3.24 Å². The molecule has 3 aliphatic carbocycles. The molecule has 0 fully saturated rings. The van der Waals surface area contributed by atoms with E-state index in [2.05, 4.69) is 92.7 Å². The highest BCUT2D eigenvalue weighted by atomic mass is 15.1. The summed E-state index contributed by atoms with van der Waals surface area (Å²) in [5, 5.41) is 0. The van der Waals surface area contributed by atoms with Crippen molar-refractivity contribution in [2.45, 2.75) is 24.7 Å². The van der Waals surface area contributed by atoms with Gasteiger partial charge in [0.25, 0.3) is 0 Å². The highest BCUT2D eigenvalue weighted by Crippen LogP contribution is 2.63. The van der Waals surface area contributed by atoms with E-state index < -0.39 is 22.9 Å². The Morgan fingerprint density at radius 2 is 0.881 bits per heavy atom. The molecule has 0 aromatic heterocycles. The second-order valence-electron chi connectivity index (χ2n) is 16.2. The molecule has 1 nitrogen and oxygen atoms in total. The van der Waals surface area contributed by atoms with Crippen molar-refractivity contribution >= 4 is 17.1 Å². The van der Waals surface area contributed by atoms with E-state index in [4.69, 9.17) is 2.74 Å². The Morgan fingerprint density at radius 1 is 0.373 bits per heavy atom. The first-order valence-corrected chi connectivity index (χ1v) is 20.1. The van der Waals surface area contributed by atoms with Crippen LogP contribution in [0.15, 0.2) is 212 Å². The summed E-state index contributed by atoms with van der Waals surface area (Å²) in [6, 6.07) is 51.5. The van der Waals surface area contributed by atoms with Gasteiger partial charge in [0.2, 0.25) is 0 Å². The standard InChI is InChI=1S/C58H41N/c1-57(2)50-26-11-6-23-47(50)49-25-16-24-43(56(49)57)39-31-33-40(34-32-39)59(55-30-15-10-19-42(55)38-17-4-3-5-18-38)41-35-36-48-46-22-9-14-29-53(46)58(54(48)37-41)51-27-12-7-20-44(51)45-21-8-13-28-52(45)58/h3-37H,1-2H3/i10D,15D,19D,30D,31D,32D,33D,34D. The van der Waals surface area contributed by atoms with Gasteiger partial charge in [-0.2, -0.15) is 0 Å². The van der Waals surface area contributed by atoms with Crippen LogP contribution in [0.4, 0.5) is 17.1 Å². The Labute approximate surface area is 357 Å². The molecule has 9 aromatic carbocycles. The normalized spacial score (nSPS) is 16.1. The van der Waals surface area contributed by atoms with Gasteiger partial charge < -0.3 is 4.90 Å². The van der Waals surface area contributed by atoms with Crippen LogP contribution in [0.1, 0.15) is 58.2 Å². The Balaban J connectivity index is 1.18. The first-order chi connectivity index (χ1) is 32.4.